The first-order valence-corrected chi connectivity index (χ1v) is 6.83. The SMILES string of the molecule is Cc1nc(Cl)ccc1NC1CCC(C)CC1C. The molecule has 0 radical (unpaired) electrons. The number of nitrogens with one attached hydrogen (secondary N) is 1. The Balaban J connectivity index is 2.05. The third kappa shape index (κ3) is 3.12. The number of aryl methyl sites for hydroxylation is 1. The van der Waals surface area contributed by atoms with Crippen LogP contribution in [0.3, 0.4) is 0 Å². The first kappa shape index (κ1) is 12.7. The van der Waals surface area contributed by atoms with Gasteiger partial charge in [0.25, 0.3) is 0 Å². The fraction of sp³-hybridized carbons (Fsp3) is 0.643. The largest absolute Gasteiger partial charge is 0.381 e. The standard InChI is InChI=1S/C14H21ClN2/c1-9-4-5-12(10(2)8-9)17-13-6-7-14(15)16-11(13)3/h6-7,9-10,12,17H,4-5,8H2,1-3H3. The predicted molar refractivity (Wildman–Crippen MR) is 73.6 cm³/mol. The summed E-state index contributed by atoms with van der Waals surface area (Å²) in [5, 5.41) is 4.19. The third-order valence-corrected chi connectivity index (χ3v) is 4.03. The second-order valence-electron chi connectivity index (χ2n) is 5.41. The first-order chi connectivity index (χ1) is 8.06. The summed E-state index contributed by atoms with van der Waals surface area (Å²) in [6.45, 7) is 6.69. The number of halogens is 1. The molecule has 3 unspecified atom stereocenters. The predicted octanol–water partition coefficient (Wildman–Crippen LogP) is 4.28. The Morgan fingerprint density at radius 1 is 1.29 bits per heavy atom. The van der Waals surface area contributed by atoms with Crippen molar-refractivity contribution in [2.75, 3.05) is 5.32 Å². The molecule has 3 heteroatoms. The van der Waals surface area contributed by atoms with Gasteiger partial charge >= 0.3 is 0 Å². The maximum atomic E-state index is 5.87. The Morgan fingerprint density at radius 3 is 2.71 bits per heavy atom. The quantitative estimate of drug-likeness (QED) is 0.795. The zero-order chi connectivity index (χ0) is 12.4. The van der Waals surface area contributed by atoms with Crippen LogP contribution < -0.4 is 5.32 Å². The van der Waals surface area contributed by atoms with E-state index in [0.29, 0.717) is 11.2 Å². The number of anilines is 1. The summed E-state index contributed by atoms with van der Waals surface area (Å²) in [7, 11) is 0. The lowest BCUT2D eigenvalue weighted by Gasteiger charge is -2.34. The summed E-state index contributed by atoms with van der Waals surface area (Å²) in [4.78, 5) is 4.28. The maximum absolute atomic E-state index is 5.87. The smallest absolute Gasteiger partial charge is 0.129 e. The van der Waals surface area contributed by atoms with E-state index in [2.05, 4.69) is 24.1 Å². The molecule has 0 saturated heterocycles. The Kier molecular flexibility index (Phi) is 3.93. The molecule has 3 atom stereocenters. The highest BCUT2D eigenvalue weighted by Crippen LogP contribution is 2.31. The first-order valence-electron chi connectivity index (χ1n) is 6.46. The van der Waals surface area contributed by atoms with E-state index in [-0.39, 0.29) is 0 Å². The van der Waals surface area contributed by atoms with Crippen LogP contribution >= 0.6 is 11.6 Å². The number of nitrogens with zero attached hydrogens (tertiary/aromatic N) is 1. The van der Waals surface area contributed by atoms with Gasteiger partial charge in [0.1, 0.15) is 5.15 Å². The van der Waals surface area contributed by atoms with Gasteiger partial charge in [0.15, 0.2) is 0 Å². The van der Waals surface area contributed by atoms with Crippen LogP contribution in [0.2, 0.25) is 5.15 Å². The van der Waals surface area contributed by atoms with Crippen molar-refractivity contribution in [3.8, 4) is 0 Å². The average molecular weight is 253 g/mol. The van der Waals surface area contributed by atoms with Gasteiger partial charge < -0.3 is 5.32 Å². The van der Waals surface area contributed by atoms with Crippen LogP contribution in [0, 0.1) is 18.8 Å². The Bertz CT molecular complexity index is 392. The van der Waals surface area contributed by atoms with Crippen molar-refractivity contribution in [1.82, 2.24) is 4.98 Å². The molecule has 0 spiro atoms. The summed E-state index contributed by atoms with van der Waals surface area (Å²) in [5.41, 5.74) is 2.11. The number of hydrogen-bond acceptors (Lipinski definition) is 2. The molecular formula is C14H21ClN2. The maximum Gasteiger partial charge on any atom is 0.129 e. The topological polar surface area (TPSA) is 24.9 Å². The lowest BCUT2D eigenvalue weighted by molar-refractivity contribution is 0.276. The van der Waals surface area contributed by atoms with Gasteiger partial charge in [-0.15, -0.1) is 0 Å². The highest BCUT2D eigenvalue weighted by atomic mass is 35.5. The van der Waals surface area contributed by atoms with Gasteiger partial charge in [-0.25, -0.2) is 4.98 Å². The zero-order valence-electron chi connectivity index (χ0n) is 10.8. The van der Waals surface area contributed by atoms with E-state index >= 15 is 0 Å². The molecule has 1 aromatic rings. The van der Waals surface area contributed by atoms with Crippen LogP contribution in [-0.2, 0) is 0 Å². The lowest BCUT2D eigenvalue weighted by atomic mass is 9.80. The van der Waals surface area contributed by atoms with Crippen LogP contribution in [0.25, 0.3) is 0 Å². The number of pyridine rings is 1. The molecule has 0 bridgehead atoms. The minimum atomic E-state index is 0.568. The molecule has 1 fully saturated rings. The van der Waals surface area contributed by atoms with Crippen LogP contribution in [-0.4, -0.2) is 11.0 Å². The van der Waals surface area contributed by atoms with Gasteiger partial charge in [0.2, 0.25) is 0 Å². The Hall–Kier alpha value is -0.760. The molecule has 1 saturated carbocycles. The third-order valence-electron chi connectivity index (χ3n) is 3.82. The van der Waals surface area contributed by atoms with Crippen molar-refractivity contribution in [2.45, 2.75) is 46.1 Å². The lowest BCUT2D eigenvalue weighted by Crippen LogP contribution is -2.33. The van der Waals surface area contributed by atoms with Gasteiger partial charge in [-0.1, -0.05) is 25.4 Å². The van der Waals surface area contributed by atoms with E-state index in [9.17, 15) is 0 Å². The molecule has 0 aliphatic heterocycles. The molecule has 0 amide bonds. The Morgan fingerprint density at radius 2 is 2.06 bits per heavy atom. The summed E-state index contributed by atoms with van der Waals surface area (Å²) >= 11 is 5.87. The van der Waals surface area contributed by atoms with Crippen molar-refractivity contribution in [3.05, 3.63) is 23.0 Å². The molecule has 1 N–H and O–H groups in total. The van der Waals surface area contributed by atoms with Gasteiger partial charge in [-0.3, -0.25) is 0 Å². The van der Waals surface area contributed by atoms with Crippen LogP contribution in [0.4, 0.5) is 5.69 Å². The van der Waals surface area contributed by atoms with Gasteiger partial charge in [0, 0.05) is 6.04 Å². The molecule has 2 rings (SSSR count). The molecule has 1 aromatic heterocycles. The number of aromatic nitrogens is 1. The van der Waals surface area contributed by atoms with E-state index in [0.717, 1.165) is 23.2 Å². The summed E-state index contributed by atoms with van der Waals surface area (Å²) < 4.78 is 0. The van der Waals surface area contributed by atoms with E-state index in [1.54, 1.807) is 0 Å². The fourth-order valence-electron chi connectivity index (χ4n) is 2.76. The molecule has 0 aromatic carbocycles. The van der Waals surface area contributed by atoms with Gasteiger partial charge in [-0.05, 0) is 50.2 Å². The molecule has 94 valence electrons. The summed E-state index contributed by atoms with van der Waals surface area (Å²) in [6, 6.07) is 4.47. The minimum Gasteiger partial charge on any atom is -0.381 e. The van der Waals surface area contributed by atoms with Crippen LogP contribution in [0.5, 0.6) is 0 Å². The van der Waals surface area contributed by atoms with E-state index in [1.807, 2.05) is 19.1 Å². The Labute approximate surface area is 109 Å². The normalized spacial score (nSPS) is 29.1. The van der Waals surface area contributed by atoms with Crippen LogP contribution in [0.15, 0.2) is 12.1 Å². The zero-order valence-corrected chi connectivity index (χ0v) is 11.6. The highest BCUT2D eigenvalue weighted by molar-refractivity contribution is 6.29. The van der Waals surface area contributed by atoms with Crippen molar-refractivity contribution >= 4 is 17.3 Å². The average Bonchev–Trinajstić information content (AvgIpc) is 2.25. The summed E-state index contributed by atoms with van der Waals surface area (Å²) in [6.07, 6.45) is 3.89. The second kappa shape index (κ2) is 5.26. The van der Waals surface area contributed by atoms with Crippen LogP contribution in [0.1, 0.15) is 38.8 Å². The van der Waals surface area contributed by atoms with Crippen molar-refractivity contribution in [3.63, 3.8) is 0 Å². The molecule has 17 heavy (non-hydrogen) atoms. The van der Waals surface area contributed by atoms with E-state index in [1.165, 1.54) is 19.3 Å². The van der Waals surface area contributed by atoms with E-state index in [4.69, 9.17) is 11.6 Å². The van der Waals surface area contributed by atoms with Gasteiger partial charge in [0.05, 0.1) is 11.4 Å². The molecule has 1 aliphatic rings. The molecule has 1 aliphatic carbocycles. The van der Waals surface area contributed by atoms with Gasteiger partial charge in [-0.2, -0.15) is 0 Å². The second-order valence-corrected chi connectivity index (χ2v) is 5.80. The van der Waals surface area contributed by atoms with Crippen molar-refractivity contribution in [2.24, 2.45) is 11.8 Å². The van der Waals surface area contributed by atoms with Crippen molar-refractivity contribution < 1.29 is 0 Å². The summed E-state index contributed by atoms with van der Waals surface area (Å²) in [5.74, 6) is 1.60. The fourth-order valence-corrected chi connectivity index (χ4v) is 2.95. The minimum absolute atomic E-state index is 0.568. The number of rotatable bonds is 2. The molecule has 2 nitrogen and oxygen atoms in total. The molecule has 1 heterocycles. The van der Waals surface area contributed by atoms with Crippen molar-refractivity contribution in [1.29, 1.82) is 0 Å². The van der Waals surface area contributed by atoms with E-state index < -0.39 is 0 Å². The molecular weight excluding hydrogens is 232 g/mol. The monoisotopic (exact) mass is 252 g/mol. The number of hydrogen-bond donors (Lipinski definition) is 1. The highest BCUT2D eigenvalue weighted by Gasteiger charge is 2.25.